The van der Waals surface area contributed by atoms with Gasteiger partial charge < -0.3 is 14.8 Å². The van der Waals surface area contributed by atoms with Gasteiger partial charge in [-0.2, -0.15) is 0 Å². The number of nitrogens with one attached hydrogen (secondary N) is 1. The van der Waals surface area contributed by atoms with E-state index in [1.807, 2.05) is 47.8 Å². The average Bonchev–Trinajstić information content (AvgIpc) is 3.45. The molecule has 9 heteroatoms. The van der Waals surface area contributed by atoms with Crippen molar-refractivity contribution in [2.24, 2.45) is 0 Å². The van der Waals surface area contributed by atoms with Crippen LogP contribution in [-0.4, -0.2) is 36.0 Å². The molecule has 2 amide bonds. The molecule has 4 rings (SSSR count). The first-order valence-corrected chi connectivity index (χ1v) is 11.7. The van der Waals surface area contributed by atoms with Gasteiger partial charge in [-0.1, -0.05) is 36.4 Å². The van der Waals surface area contributed by atoms with E-state index in [-0.39, 0.29) is 11.6 Å². The van der Waals surface area contributed by atoms with Crippen LogP contribution in [0, 0.1) is 0 Å². The van der Waals surface area contributed by atoms with E-state index < -0.39 is 11.9 Å². The van der Waals surface area contributed by atoms with Gasteiger partial charge >= 0.3 is 0 Å². The fourth-order valence-electron chi connectivity index (χ4n) is 3.59. The highest BCUT2D eigenvalue weighted by Gasteiger charge is 2.35. The fraction of sp³-hybridized carbons (Fsp3) is 0.154. The van der Waals surface area contributed by atoms with E-state index in [1.54, 1.807) is 18.2 Å². The molecule has 2 aromatic carbocycles. The summed E-state index contributed by atoms with van der Waals surface area (Å²) in [6.07, 6.45) is 4.31. The van der Waals surface area contributed by atoms with E-state index in [1.165, 1.54) is 49.0 Å². The molecular weight excluding hydrogens is 464 g/mol. The molecule has 0 aliphatic rings. The van der Waals surface area contributed by atoms with Gasteiger partial charge in [0.15, 0.2) is 17.5 Å². The van der Waals surface area contributed by atoms with E-state index in [0.29, 0.717) is 28.6 Å². The van der Waals surface area contributed by atoms with E-state index in [0.717, 1.165) is 5.56 Å². The third-order valence-electron chi connectivity index (χ3n) is 5.28. The number of benzene rings is 2. The molecular formula is C26H24N4O4S. The van der Waals surface area contributed by atoms with Crippen molar-refractivity contribution < 1.29 is 19.1 Å². The quantitative estimate of drug-likeness (QED) is 0.378. The van der Waals surface area contributed by atoms with E-state index in [4.69, 9.17) is 9.47 Å². The molecule has 0 unspecified atom stereocenters. The highest BCUT2D eigenvalue weighted by molar-refractivity contribution is 7.10. The molecule has 0 saturated heterocycles. The predicted octanol–water partition coefficient (Wildman–Crippen LogP) is 4.26. The summed E-state index contributed by atoms with van der Waals surface area (Å²) in [6.45, 7) is 0.320. The Labute approximate surface area is 207 Å². The number of aromatic nitrogens is 2. The summed E-state index contributed by atoms with van der Waals surface area (Å²) in [6, 6.07) is 17.4. The highest BCUT2D eigenvalue weighted by atomic mass is 32.1. The predicted molar refractivity (Wildman–Crippen MR) is 134 cm³/mol. The summed E-state index contributed by atoms with van der Waals surface area (Å²) in [4.78, 5) is 37.8. The van der Waals surface area contributed by atoms with Gasteiger partial charge in [0.2, 0.25) is 5.91 Å². The SMILES string of the molecule is COc1ccc(N(C(=O)c2cnccn2)[C@@H](C(=O)NCc2ccccc2)c2cccs2)cc1OC. The maximum absolute atomic E-state index is 13.8. The largest absolute Gasteiger partial charge is 0.493 e. The average molecular weight is 489 g/mol. The normalized spacial score (nSPS) is 11.4. The lowest BCUT2D eigenvalue weighted by atomic mass is 10.1. The number of hydrogen-bond donors (Lipinski definition) is 1. The number of ether oxygens (including phenoxy) is 2. The zero-order valence-electron chi connectivity index (χ0n) is 19.3. The van der Waals surface area contributed by atoms with Crippen molar-refractivity contribution in [1.82, 2.24) is 15.3 Å². The maximum atomic E-state index is 13.8. The number of methoxy groups -OCH3 is 2. The zero-order valence-corrected chi connectivity index (χ0v) is 20.1. The molecule has 0 aliphatic carbocycles. The Morgan fingerprint density at radius 1 is 1.00 bits per heavy atom. The van der Waals surface area contributed by atoms with Gasteiger partial charge in [0, 0.05) is 35.6 Å². The second kappa shape index (κ2) is 11.3. The second-order valence-corrected chi connectivity index (χ2v) is 8.41. The standard InChI is InChI=1S/C26H24N4O4S/c1-33-21-11-10-19(15-22(21)34-2)30(26(32)20-17-27-12-13-28-20)24(23-9-6-14-35-23)25(31)29-16-18-7-4-3-5-8-18/h3-15,17,24H,16H2,1-2H3,(H,29,31)/t24-/m1/s1. The molecule has 178 valence electrons. The van der Waals surface area contributed by atoms with E-state index in [9.17, 15) is 9.59 Å². The van der Waals surface area contributed by atoms with Crippen molar-refractivity contribution in [2.75, 3.05) is 19.1 Å². The van der Waals surface area contributed by atoms with Gasteiger partial charge in [0.25, 0.3) is 5.91 Å². The van der Waals surface area contributed by atoms with Crippen LogP contribution in [0.3, 0.4) is 0 Å². The topological polar surface area (TPSA) is 93.7 Å². The lowest BCUT2D eigenvalue weighted by Crippen LogP contribution is -2.44. The van der Waals surface area contributed by atoms with E-state index >= 15 is 0 Å². The van der Waals surface area contributed by atoms with Gasteiger partial charge in [-0.3, -0.25) is 19.5 Å². The number of carbonyl (C=O) groups excluding carboxylic acids is 2. The summed E-state index contributed by atoms with van der Waals surface area (Å²) in [7, 11) is 3.05. The van der Waals surface area contributed by atoms with Crippen LogP contribution < -0.4 is 19.7 Å². The summed E-state index contributed by atoms with van der Waals surface area (Å²) in [5.74, 6) is 0.128. The fourth-order valence-corrected chi connectivity index (χ4v) is 4.41. The minimum Gasteiger partial charge on any atom is -0.493 e. The Kier molecular flexibility index (Phi) is 7.69. The molecule has 0 fully saturated rings. The number of amides is 2. The third kappa shape index (κ3) is 5.47. The summed E-state index contributed by atoms with van der Waals surface area (Å²) < 4.78 is 10.8. The number of carbonyl (C=O) groups is 2. The monoisotopic (exact) mass is 488 g/mol. The zero-order chi connectivity index (χ0) is 24.6. The van der Waals surface area contributed by atoms with Gasteiger partial charge in [0.05, 0.1) is 20.4 Å². The van der Waals surface area contributed by atoms with Crippen molar-refractivity contribution >= 4 is 28.8 Å². The molecule has 8 nitrogen and oxygen atoms in total. The van der Waals surface area contributed by atoms with E-state index in [2.05, 4.69) is 15.3 Å². The number of anilines is 1. The van der Waals surface area contributed by atoms with Gasteiger partial charge in [-0.25, -0.2) is 4.98 Å². The Bertz CT molecular complexity index is 1270. The van der Waals surface area contributed by atoms with Crippen LogP contribution in [0.4, 0.5) is 5.69 Å². The number of rotatable bonds is 9. The minimum absolute atomic E-state index is 0.111. The van der Waals surface area contributed by atoms with Crippen LogP contribution in [0.25, 0.3) is 0 Å². The summed E-state index contributed by atoms with van der Waals surface area (Å²) in [5.41, 5.74) is 1.51. The molecule has 2 aromatic heterocycles. The molecule has 1 atom stereocenters. The summed E-state index contributed by atoms with van der Waals surface area (Å²) in [5, 5.41) is 4.84. The van der Waals surface area contributed by atoms with Gasteiger partial charge in [-0.05, 0) is 29.1 Å². The smallest absolute Gasteiger partial charge is 0.279 e. The molecule has 0 saturated carbocycles. The molecule has 1 N–H and O–H groups in total. The Hall–Kier alpha value is -4.24. The molecule has 4 aromatic rings. The van der Waals surface area contributed by atoms with Crippen LogP contribution in [0.5, 0.6) is 11.5 Å². The number of thiophene rings is 1. The molecule has 2 heterocycles. The maximum Gasteiger partial charge on any atom is 0.279 e. The molecule has 0 spiro atoms. The number of hydrogen-bond acceptors (Lipinski definition) is 7. The molecule has 0 radical (unpaired) electrons. The van der Waals surface area contributed by atoms with Gasteiger partial charge in [0.1, 0.15) is 5.69 Å². The van der Waals surface area contributed by atoms with Crippen LogP contribution in [-0.2, 0) is 11.3 Å². The molecule has 0 aliphatic heterocycles. The second-order valence-electron chi connectivity index (χ2n) is 7.43. The molecule has 0 bridgehead atoms. The van der Waals surface area contributed by atoms with Crippen LogP contribution >= 0.6 is 11.3 Å². The first-order chi connectivity index (χ1) is 17.1. The Morgan fingerprint density at radius 3 is 2.46 bits per heavy atom. The van der Waals surface area contributed by atoms with Crippen molar-refractivity contribution in [3.63, 3.8) is 0 Å². The Balaban J connectivity index is 1.78. The lowest BCUT2D eigenvalue weighted by molar-refractivity contribution is -0.122. The van der Waals surface area contributed by atoms with Crippen LogP contribution in [0.15, 0.2) is 84.6 Å². The minimum atomic E-state index is -0.952. The summed E-state index contributed by atoms with van der Waals surface area (Å²) >= 11 is 1.39. The first kappa shape index (κ1) is 23.9. The van der Waals surface area contributed by atoms with Crippen molar-refractivity contribution in [2.45, 2.75) is 12.6 Å². The Morgan fingerprint density at radius 2 is 1.80 bits per heavy atom. The van der Waals surface area contributed by atoms with Crippen molar-refractivity contribution in [1.29, 1.82) is 0 Å². The molecule has 35 heavy (non-hydrogen) atoms. The lowest BCUT2D eigenvalue weighted by Gasteiger charge is -2.30. The van der Waals surface area contributed by atoms with Crippen LogP contribution in [0.2, 0.25) is 0 Å². The van der Waals surface area contributed by atoms with Crippen molar-refractivity contribution in [3.8, 4) is 11.5 Å². The highest BCUT2D eigenvalue weighted by Crippen LogP contribution is 2.37. The van der Waals surface area contributed by atoms with Crippen LogP contribution in [0.1, 0.15) is 27.0 Å². The third-order valence-corrected chi connectivity index (χ3v) is 6.20. The van der Waals surface area contributed by atoms with Gasteiger partial charge in [-0.15, -0.1) is 11.3 Å². The van der Waals surface area contributed by atoms with Crippen molar-refractivity contribution in [3.05, 3.63) is 101 Å². The first-order valence-electron chi connectivity index (χ1n) is 10.8. The number of nitrogens with zero attached hydrogens (tertiary/aromatic N) is 3.